The SMILES string of the molecule is CC(C)(C)OC(=O)N[C@H]1CCCCCC=C[C@@H]2C[C@@]2(C(=O)NS(=O)(=O)C2(Cc3ccccc3)CC2)NC(=O)[C@@H]2C[C@@H](Oc3nccc4ccccc34)CN2C1=O. The van der Waals surface area contributed by atoms with Gasteiger partial charge in [0.2, 0.25) is 27.7 Å². The molecule has 4 amide bonds. The number of nitrogens with one attached hydrogen (secondary N) is 3. The van der Waals surface area contributed by atoms with Crippen LogP contribution in [0.5, 0.6) is 5.88 Å². The van der Waals surface area contributed by atoms with Crippen LogP contribution in [0.25, 0.3) is 10.8 Å². The quantitative estimate of drug-likeness (QED) is 0.263. The number of allylic oxidation sites excluding steroid dienone is 1. The van der Waals surface area contributed by atoms with Crippen LogP contribution in [0, 0.1) is 5.92 Å². The lowest BCUT2D eigenvalue weighted by Gasteiger charge is -2.30. The largest absolute Gasteiger partial charge is 0.472 e. The second-order valence-electron chi connectivity index (χ2n) is 16.6. The van der Waals surface area contributed by atoms with Gasteiger partial charge >= 0.3 is 6.09 Å². The molecule has 2 aromatic carbocycles. The molecule has 4 aliphatic rings. The third kappa shape index (κ3) is 8.54. The van der Waals surface area contributed by atoms with Crippen molar-refractivity contribution in [2.45, 2.75) is 119 Å². The average molecular weight is 786 g/mol. The number of fused-ring (bicyclic) bond motifs is 3. The van der Waals surface area contributed by atoms with E-state index in [1.807, 2.05) is 72.8 Å². The number of sulfonamides is 1. The normalized spacial score (nSPS) is 26.4. The molecule has 1 saturated heterocycles. The third-order valence-electron chi connectivity index (χ3n) is 11.2. The predicted octanol–water partition coefficient (Wildman–Crippen LogP) is 5.09. The van der Waals surface area contributed by atoms with Gasteiger partial charge in [0.15, 0.2) is 0 Å². The van der Waals surface area contributed by atoms with Crippen molar-refractivity contribution < 1.29 is 37.1 Å². The van der Waals surface area contributed by atoms with Crippen molar-refractivity contribution >= 4 is 44.6 Å². The molecule has 3 N–H and O–H groups in total. The van der Waals surface area contributed by atoms with E-state index >= 15 is 0 Å². The van der Waals surface area contributed by atoms with E-state index in [4.69, 9.17) is 9.47 Å². The van der Waals surface area contributed by atoms with E-state index in [9.17, 15) is 27.6 Å². The molecule has 0 unspecified atom stereocenters. The van der Waals surface area contributed by atoms with Gasteiger partial charge in [-0.2, -0.15) is 0 Å². The molecule has 2 aliphatic heterocycles. The van der Waals surface area contributed by atoms with E-state index in [0.29, 0.717) is 38.0 Å². The molecule has 3 heterocycles. The monoisotopic (exact) mass is 785 g/mol. The second-order valence-corrected chi connectivity index (χ2v) is 18.7. The molecule has 13 nitrogen and oxygen atoms in total. The van der Waals surface area contributed by atoms with Crippen LogP contribution in [0.2, 0.25) is 0 Å². The van der Waals surface area contributed by atoms with Gasteiger partial charge < -0.3 is 25.0 Å². The smallest absolute Gasteiger partial charge is 0.408 e. The van der Waals surface area contributed by atoms with Crippen molar-refractivity contribution in [3.05, 3.63) is 84.6 Å². The van der Waals surface area contributed by atoms with Gasteiger partial charge in [-0.25, -0.2) is 18.2 Å². The molecule has 0 radical (unpaired) electrons. The van der Waals surface area contributed by atoms with Crippen molar-refractivity contribution in [3.8, 4) is 5.88 Å². The number of amides is 4. The first kappa shape index (κ1) is 39.3. The van der Waals surface area contributed by atoms with Gasteiger partial charge in [0, 0.05) is 23.9 Å². The fourth-order valence-corrected chi connectivity index (χ4v) is 9.57. The van der Waals surface area contributed by atoms with Crippen molar-refractivity contribution in [2.24, 2.45) is 5.92 Å². The summed E-state index contributed by atoms with van der Waals surface area (Å²) in [5, 5.41) is 7.37. The van der Waals surface area contributed by atoms with E-state index in [0.717, 1.165) is 29.2 Å². The van der Waals surface area contributed by atoms with Crippen LogP contribution in [0.1, 0.15) is 84.1 Å². The molecule has 3 fully saturated rings. The molecule has 7 rings (SSSR count). The minimum atomic E-state index is -4.13. The Balaban J connectivity index is 1.17. The Morgan fingerprint density at radius 1 is 1.00 bits per heavy atom. The Labute approximate surface area is 328 Å². The first-order chi connectivity index (χ1) is 26.7. The Morgan fingerprint density at radius 3 is 2.50 bits per heavy atom. The van der Waals surface area contributed by atoms with E-state index < -0.39 is 73.8 Å². The zero-order valence-electron chi connectivity index (χ0n) is 32.2. The number of carbonyl (C=O) groups is 4. The van der Waals surface area contributed by atoms with Crippen LogP contribution >= 0.6 is 0 Å². The molecule has 3 aromatic rings. The number of hydrogen-bond donors (Lipinski definition) is 3. The maximum absolute atomic E-state index is 14.5. The highest BCUT2D eigenvalue weighted by Crippen LogP contribution is 2.49. The zero-order chi connectivity index (χ0) is 39.7. The molecule has 2 saturated carbocycles. The Morgan fingerprint density at radius 2 is 1.75 bits per heavy atom. The molecule has 0 bridgehead atoms. The Bertz CT molecular complexity index is 2110. The summed E-state index contributed by atoms with van der Waals surface area (Å²) in [5.74, 6) is -1.99. The summed E-state index contributed by atoms with van der Waals surface area (Å²) in [6, 6.07) is 16.7. The fourth-order valence-electron chi connectivity index (χ4n) is 7.93. The van der Waals surface area contributed by atoms with E-state index in [1.54, 1.807) is 27.0 Å². The van der Waals surface area contributed by atoms with Crippen LogP contribution in [-0.2, 0) is 35.6 Å². The first-order valence-electron chi connectivity index (χ1n) is 19.6. The molecule has 56 heavy (non-hydrogen) atoms. The summed E-state index contributed by atoms with van der Waals surface area (Å²) < 4.78 is 40.9. The topological polar surface area (TPSA) is 173 Å². The van der Waals surface area contributed by atoms with E-state index in [1.165, 1.54) is 4.90 Å². The van der Waals surface area contributed by atoms with E-state index in [-0.39, 0.29) is 25.8 Å². The number of hydrogen-bond acceptors (Lipinski definition) is 9. The van der Waals surface area contributed by atoms with Gasteiger partial charge in [0.05, 0.1) is 11.3 Å². The Hall–Kier alpha value is -4.98. The van der Waals surface area contributed by atoms with Crippen LogP contribution in [0.4, 0.5) is 4.79 Å². The standard InChI is InChI=1S/C42H51N5O8S/c1-40(2,3)55-39(51)44-33-19-11-6-4-5-10-17-30-26-42(30,38(50)46-56(52,53)41(21-22-41)25-28-14-8-7-9-15-28)45-35(48)34-24-31(27-47(34)37(33)49)54-36-32-18-13-12-16-29(32)20-23-43-36/h7-10,12-18,20,23,30-31,33-34H,4-6,11,19,21-22,24-27H2,1-3H3,(H,44,51)(H,45,48)(H,46,50)/t30-,31-,33+,34+,42-/m1/s1. The van der Waals surface area contributed by atoms with Crippen molar-refractivity contribution in [2.75, 3.05) is 6.54 Å². The maximum Gasteiger partial charge on any atom is 0.408 e. The number of pyridine rings is 1. The number of aromatic nitrogens is 1. The van der Waals surface area contributed by atoms with Gasteiger partial charge in [0.25, 0.3) is 5.91 Å². The molecule has 2 aliphatic carbocycles. The van der Waals surface area contributed by atoms with Gasteiger partial charge in [-0.1, -0.05) is 73.5 Å². The lowest BCUT2D eigenvalue weighted by atomic mass is 10.0. The molecule has 0 spiro atoms. The summed E-state index contributed by atoms with van der Waals surface area (Å²) in [5.41, 5.74) is -1.48. The minimum absolute atomic E-state index is 0.00718. The van der Waals surface area contributed by atoms with Crippen LogP contribution in [0.3, 0.4) is 0 Å². The zero-order valence-corrected chi connectivity index (χ0v) is 33.0. The molecule has 1 aromatic heterocycles. The van der Waals surface area contributed by atoms with Crippen LogP contribution in [-0.4, -0.2) is 82.7 Å². The highest BCUT2D eigenvalue weighted by Gasteiger charge is 2.64. The summed E-state index contributed by atoms with van der Waals surface area (Å²) in [6.07, 6.45) is 8.62. The van der Waals surface area contributed by atoms with Gasteiger partial charge in [0.1, 0.15) is 29.3 Å². The summed E-state index contributed by atoms with van der Waals surface area (Å²) in [4.78, 5) is 62.1. The van der Waals surface area contributed by atoms with Gasteiger partial charge in [-0.05, 0) is 88.8 Å². The highest BCUT2D eigenvalue weighted by molar-refractivity contribution is 7.91. The summed E-state index contributed by atoms with van der Waals surface area (Å²) in [7, 11) is -4.13. The van der Waals surface area contributed by atoms with Gasteiger partial charge in [-0.15, -0.1) is 0 Å². The molecule has 14 heteroatoms. The van der Waals surface area contributed by atoms with Crippen molar-refractivity contribution in [1.29, 1.82) is 0 Å². The number of rotatable bonds is 8. The van der Waals surface area contributed by atoms with E-state index in [2.05, 4.69) is 20.3 Å². The highest BCUT2D eigenvalue weighted by atomic mass is 32.2. The van der Waals surface area contributed by atoms with Crippen molar-refractivity contribution in [1.82, 2.24) is 25.2 Å². The average Bonchev–Trinajstić information content (AvgIpc) is 4.04. The van der Waals surface area contributed by atoms with Gasteiger partial charge in [-0.3, -0.25) is 19.1 Å². The predicted molar refractivity (Wildman–Crippen MR) is 210 cm³/mol. The summed E-state index contributed by atoms with van der Waals surface area (Å²) >= 11 is 0. The van der Waals surface area contributed by atoms with Crippen LogP contribution in [0.15, 0.2) is 79.0 Å². The maximum atomic E-state index is 14.5. The first-order valence-corrected chi connectivity index (χ1v) is 21.1. The number of alkyl carbamates (subject to hydrolysis) is 1. The summed E-state index contributed by atoms with van der Waals surface area (Å²) in [6.45, 7) is 5.21. The lowest BCUT2D eigenvalue weighted by Crippen LogP contribution is -2.59. The van der Waals surface area contributed by atoms with Crippen molar-refractivity contribution in [3.63, 3.8) is 0 Å². The number of ether oxygens (including phenoxy) is 2. The number of benzene rings is 2. The molecule has 5 atom stereocenters. The molecular formula is C42H51N5O8S. The van der Waals surface area contributed by atoms with Crippen LogP contribution < -0.4 is 20.1 Å². The molecule has 298 valence electrons. The second kappa shape index (κ2) is 15.5. The Kier molecular flexibility index (Phi) is 10.9. The molecular weight excluding hydrogens is 735 g/mol. The third-order valence-corrected chi connectivity index (χ3v) is 13.4. The fraction of sp³-hybridized carbons (Fsp3) is 0.500. The number of nitrogens with zero attached hydrogens (tertiary/aromatic N) is 2. The lowest BCUT2D eigenvalue weighted by molar-refractivity contribution is -0.141. The number of carbonyl (C=O) groups excluding carboxylic acids is 4. The minimum Gasteiger partial charge on any atom is -0.472 e.